The van der Waals surface area contributed by atoms with Crippen molar-refractivity contribution in [1.82, 2.24) is 0 Å². The van der Waals surface area contributed by atoms with E-state index in [1.807, 2.05) is 0 Å². The van der Waals surface area contributed by atoms with E-state index < -0.39 is 5.97 Å². The third-order valence-corrected chi connectivity index (χ3v) is 10.2. The Hall–Kier alpha value is -0.570. The molecule has 4 saturated carbocycles. The molecular formula is C24H40O3. The molecule has 0 radical (unpaired) electrons. The van der Waals surface area contributed by atoms with Crippen LogP contribution in [-0.2, 0) is 4.79 Å². The van der Waals surface area contributed by atoms with Crippen molar-refractivity contribution in [3.05, 3.63) is 0 Å². The molecule has 0 saturated heterocycles. The van der Waals surface area contributed by atoms with Crippen LogP contribution in [0, 0.1) is 46.3 Å². The Morgan fingerprint density at radius 2 is 1.70 bits per heavy atom. The SMILES string of the molecule is C[C@H](CCC(=O)O)C1CC[C@H]2[C@@H]3CC[C@@H]4C[C@H](O)CCC4(C)C3CCC12C. The smallest absolute Gasteiger partial charge is 0.303 e. The highest BCUT2D eigenvalue weighted by molar-refractivity contribution is 5.66. The van der Waals surface area contributed by atoms with Crippen LogP contribution in [0.5, 0.6) is 0 Å². The van der Waals surface area contributed by atoms with Gasteiger partial charge in [-0.3, -0.25) is 4.79 Å². The largest absolute Gasteiger partial charge is 0.481 e. The van der Waals surface area contributed by atoms with Crippen LogP contribution in [0.2, 0.25) is 0 Å². The molecule has 2 N–H and O–H groups in total. The van der Waals surface area contributed by atoms with E-state index in [1.54, 1.807) is 0 Å². The maximum Gasteiger partial charge on any atom is 0.303 e. The van der Waals surface area contributed by atoms with Gasteiger partial charge in [0.1, 0.15) is 0 Å². The average Bonchev–Trinajstić information content (AvgIpc) is 2.97. The lowest BCUT2D eigenvalue weighted by molar-refractivity contribution is -0.138. The summed E-state index contributed by atoms with van der Waals surface area (Å²) in [5.41, 5.74) is 0.882. The highest BCUT2D eigenvalue weighted by atomic mass is 16.4. The lowest BCUT2D eigenvalue weighted by Gasteiger charge is -2.61. The molecule has 0 spiro atoms. The Morgan fingerprint density at radius 1 is 1.00 bits per heavy atom. The Morgan fingerprint density at radius 3 is 2.44 bits per heavy atom. The van der Waals surface area contributed by atoms with Crippen LogP contribution in [0.15, 0.2) is 0 Å². The van der Waals surface area contributed by atoms with Gasteiger partial charge < -0.3 is 10.2 Å². The fourth-order valence-electron chi connectivity index (χ4n) is 8.76. The van der Waals surface area contributed by atoms with Crippen molar-refractivity contribution in [2.45, 2.75) is 97.5 Å². The second kappa shape index (κ2) is 7.04. The molecule has 4 fully saturated rings. The van der Waals surface area contributed by atoms with E-state index in [-0.39, 0.29) is 6.10 Å². The summed E-state index contributed by atoms with van der Waals surface area (Å²) in [5.74, 6) is 3.91. The highest BCUT2D eigenvalue weighted by Crippen LogP contribution is 2.68. The summed E-state index contributed by atoms with van der Waals surface area (Å²) in [6.45, 7) is 7.43. The number of carbonyl (C=O) groups is 1. The first kappa shape index (κ1) is 19.7. The minimum Gasteiger partial charge on any atom is -0.481 e. The quantitative estimate of drug-likeness (QED) is 0.680. The van der Waals surface area contributed by atoms with Crippen molar-refractivity contribution in [1.29, 1.82) is 0 Å². The number of rotatable bonds is 4. The zero-order valence-electron chi connectivity index (χ0n) is 17.6. The summed E-state index contributed by atoms with van der Waals surface area (Å²) in [6.07, 6.45) is 12.4. The van der Waals surface area contributed by atoms with Crippen molar-refractivity contribution in [3.63, 3.8) is 0 Å². The van der Waals surface area contributed by atoms with Crippen molar-refractivity contribution in [2.24, 2.45) is 46.3 Å². The highest BCUT2D eigenvalue weighted by Gasteiger charge is 2.60. The summed E-state index contributed by atoms with van der Waals surface area (Å²) in [6, 6.07) is 0. The van der Waals surface area contributed by atoms with E-state index >= 15 is 0 Å². The van der Waals surface area contributed by atoms with Crippen molar-refractivity contribution >= 4 is 5.97 Å². The first-order chi connectivity index (χ1) is 12.8. The number of hydrogen-bond donors (Lipinski definition) is 2. The number of fused-ring (bicyclic) bond motifs is 5. The van der Waals surface area contributed by atoms with Crippen LogP contribution >= 0.6 is 0 Å². The Balaban J connectivity index is 1.51. The van der Waals surface area contributed by atoms with Crippen LogP contribution in [-0.4, -0.2) is 22.3 Å². The molecule has 0 aliphatic heterocycles. The van der Waals surface area contributed by atoms with E-state index in [9.17, 15) is 9.90 Å². The van der Waals surface area contributed by atoms with Crippen LogP contribution in [0.25, 0.3) is 0 Å². The lowest BCUT2D eigenvalue weighted by atomic mass is 9.44. The number of hydrogen-bond acceptors (Lipinski definition) is 2. The van der Waals surface area contributed by atoms with Crippen LogP contribution in [0.3, 0.4) is 0 Å². The molecule has 27 heavy (non-hydrogen) atoms. The molecule has 4 rings (SSSR count). The van der Waals surface area contributed by atoms with Crippen molar-refractivity contribution in [3.8, 4) is 0 Å². The van der Waals surface area contributed by atoms with Gasteiger partial charge in [0, 0.05) is 6.42 Å². The minimum absolute atomic E-state index is 0.0561. The number of carboxylic acids is 1. The zero-order valence-corrected chi connectivity index (χ0v) is 17.6. The molecule has 0 aromatic carbocycles. The van der Waals surface area contributed by atoms with Gasteiger partial charge in [-0.05, 0) is 111 Å². The summed E-state index contributed by atoms with van der Waals surface area (Å²) in [7, 11) is 0. The molecule has 4 aliphatic carbocycles. The molecule has 0 heterocycles. The van der Waals surface area contributed by atoms with E-state index in [0.717, 1.165) is 42.9 Å². The van der Waals surface area contributed by atoms with E-state index in [4.69, 9.17) is 5.11 Å². The molecule has 3 nitrogen and oxygen atoms in total. The van der Waals surface area contributed by atoms with Gasteiger partial charge in [-0.2, -0.15) is 0 Å². The Kier molecular flexibility index (Phi) is 5.15. The minimum atomic E-state index is -0.643. The molecule has 4 unspecified atom stereocenters. The third kappa shape index (κ3) is 3.16. The number of carboxylic acid groups (broad SMARTS) is 1. The predicted molar refractivity (Wildman–Crippen MR) is 107 cm³/mol. The van der Waals surface area contributed by atoms with Gasteiger partial charge in [-0.15, -0.1) is 0 Å². The third-order valence-electron chi connectivity index (χ3n) is 10.2. The van der Waals surface area contributed by atoms with Gasteiger partial charge in [0.25, 0.3) is 0 Å². The van der Waals surface area contributed by atoms with Gasteiger partial charge in [0.15, 0.2) is 0 Å². The monoisotopic (exact) mass is 376 g/mol. The Bertz CT molecular complexity index is 574. The summed E-state index contributed by atoms with van der Waals surface area (Å²) >= 11 is 0. The summed E-state index contributed by atoms with van der Waals surface area (Å²) in [5, 5.41) is 19.3. The summed E-state index contributed by atoms with van der Waals surface area (Å²) in [4.78, 5) is 11.0. The number of aliphatic carboxylic acids is 1. The molecule has 9 atom stereocenters. The van der Waals surface area contributed by atoms with E-state index in [2.05, 4.69) is 20.8 Å². The van der Waals surface area contributed by atoms with Gasteiger partial charge in [-0.1, -0.05) is 20.8 Å². The van der Waals surface area contributed by atoms with Crippen LogP contribution in [0.4, 0.5) is 0 Å². The van der Waals surface area contributed by atoms with E-state index in [0.29, 0.717) is 29.1 Å². The van der Waals surface area contributed by atoms with Gasteiger partial charge in [-0.25, -0.2) is 0 Å². The van der Waals surface area contributed by atoms with Gasteiger partial charge in [0.2, 0.25) is 0 Å². The first-order valence-corrected chi connectivity index (χ1v) is 11.7. The average molecular weight is 377 g/mol. The van der Waals surface area contributed by atoms with Crippen LogP contribution in [0.1, 0.15) is 91.4 Å². The fourth-order valence-corrected chi connectivity index (χ4v) is 8.76. The molecule has 154 valence electrons. The zero-order chi connectivity index (χ0) is 19.4. The Labute approximate surface area is 165 Å². The molecule has 0 amide bonds. The predicted octanol–water partition coefficient (Wildman–Crippen LogP) is 5.51. The second-order valence-electron chi connectivity index (χ2n) is 11.2. The van der Waals surface area contributed by atoms with Gasteiger partial charge >= 0.3 is 5.97 Å². The second-order valence-corrected chi connectivity index (χ2v) is 11.2. The number of aliphatic hydroxyl groups is 1. The molecule has 3 heteroatoms. The molecule has 4 aliphatic rings. The lowest BCUT2D eigenvalue weighted by Crippen LogP contribution is -2.54. The van der Waals surface area contributed by atoms with E-state index in [1.165, 1.54) is 44.9 Å². The summed E-state index contributed by atoms with van der Waals surface area (Å²) < 4.78 is 0. The van der Waals surface area contributed by atoms with Crippen molar-refractivity contribution in [2.75, 3.05) is 0 Å². The normalized spacial score (nSPS) is 50.4. The fraction of sp³-hybridized carbons (Fsp3) is 0.958. The maximum atomic E-state index is 11.0. The molecule has 0 bridgehead atoms. The molecular weight excluding hydrogens is 336 g/mol. The molecule has 0 aromatic heterocycles. The maximum absolute atomic E-state index is 11.0. The van der Waals surface area contributed by atoms with Crippen LogP contribution < -0.4 is 0 Å². The topological polar surface area (TPSA) is 57.5 Å². The molecule has 0 aromatic rings. The van der Waals surface area contributed by atoms with Crippen molar-refractivity contribution < 1.29 is 15.0 Å². The first-order valence-electron chi connectivity index (χ1n) is 11.7. The number of aliphatic hydroxyl groups excluding tert-OH is 1. The standard InChI is InChI=1S/C24H40O3/c1-15(4-9-22(26)27)19-7-8-20-18-6-5-16-14-17(25)10-12-23(16,2)21(18)11-13-24(19,20)3/h15-21,25H,4-14H2,1-3H3,(H,26,27)/t15-,16-,17-,18+,19?,20+,21?,23?,24?/m1/s1. The van der Waals surface area contributed by atoms with Gasteiger partial charge in [0.05, 0.1) is 6.10 Å².